The van der Waals surface area contributed by atoms with E-state index in [-0.39, 0.29) is 18.7 Å². The van der Waals surface area contributed by atoms with E-state index in [2.05, 4.69) is 31.3 Å². The molecular formula is C15H24N2O2. The molecule has 2 amide bonds. The summed E-state index contributed by atoms with van der Waals surface area (Å²) in [4.78, 5) is 13.6. The number of likely N-dealkylation sites (N-methyl/N-ethyl adjacent to an activating group) is 1. The number of hydrogen-bond acceptors (Lipinski definition) is 2. The van der Waals surface area contributed by atoms with Crippen molar-refractivity contribution in [2.45, 2.75) is 39.7 Å². The van der Waals surface area contributed by atoms with Crippen molar-refractivity contribution in [3.63, 3.8) is 0 Å². The van der Waals surface area contributed by atoms with Crippen LogP contribution in [0.4, 0.5) is 10.5 Å². The first-order chi connectivity index (χ1) is 9.03. The third-order valence-electron chi connectivity index (χ3n) is 3.45. The van der Waals surface area contributed by atoms with Gasteiger partial charge in [-0.05, 0) is 37.0 Å². The number of nitrogens with one attached hydrogen (secondary N) is 1. The number of aliphatic hydroxyl groups is 1. The number of urea groups is 1. The van der Waals surface area contributed by atoms with Gasteiger partial charge in [0.15, 0.2) is 0 Å². The Hall–Kier alpha value is -1.55. The van der Waals surface area contributed by atoms with Crippen molar-refractivity contribution < 1.29 is 9.90 Å². The van der Waals surface area contributed by atoms with Gasteiger partial charge < -0.3 is 15.3 Å². The van der Waals surface area contributed by atoms with Gasteiger partial charge in [0.05, 0.1) is 12.6 Å². The van der Waals surface area contributed by atoms with E-state index in [1.54, 1.807) is 7.05 Å². The van der Waals surface area contributed by atoms with Gasteiger partial charge in [-0.25, -0.2) is 4.79 Å². The average molecular weight is 264 g/mol. The lowest BCUT2D eigenvalue weighted by atomic mass is 10.1. The van der Waals surface area contributed by atoms with Crippen LogP contribution < -0.4 is 5.32 Å². The molecule has 1 aromatic rings. The fourth-order valence-electron chi connectivity index (χ4n) is 1.79. The molecule has 19 heavy (non-hydrogen) atoms. The summed E-state index contributed by atoms with van der Waals surface area (Å²) < 4.78 is 0. The maximum absolute atomic E-state index is 12.1. The van der Waals surface area contributed by atoms with Crippen LogP contribution in [0.5, 0.6) is 0 Å². The van der Waals surface area contributed by atoms with Crippen molar-refractivity contribution in [3.8, 4) is 0 Å². The summed E-state index contributed by atoms with van der Waals surface area (Å²) in [7, 11) is 1.69. The Kier molecular flexibility index (Phi) is 5.83. The summed E-state index contributed by atoms with van der Waals surface area (Å²) in [6.45, 7) is 5.92. The number of amides is 2. The first kappa shape index (κ1) is 15.5. The number of aliphatic hydroxyl groups excluding tert-OH is 1. The van der Waals surface area contributed by atoms with Gasteiger partial charge >= 0.3 is 6.03 Å². The molecule has 0 aromatic heterocycles. The first-order valence-corrected chi connectivity index (χ1v) is 6.79. The molecule has 0 bridgehead atoms. The van der Waals surface area contributed by atoms with Gasteiger partial charge in [-0.3, -0.25) is 0 Å². The van der Waals surface area contributed by atoms with Gasteiger partial charge in [-0.2, -0.15) is 0 Å². The van der Waals surface area contributed by atoms with Gasteiger partial charge in [0.1, 0.15) is 0 Å². The topological polar surface area (TPSA) is 52.6 Å². The highest BCUT2D eigenvalue weighted by Crippen LogP contribution is 2.19. The lowest BCUT2D eigenvalue weighted by Crippen LogP contribution is -2.40. The van der Waals surface area contributed by atoms with Crippen LogP contribution in [0.3, 0.4) is 0 Å². The van der Waals surface area contributed by atoms with E-state index in [0.29, 0.717) is 0 Å². The van der Waals surface area contributed by atoms with Crippen molar-refractivity contribution >= 4 is 11.7 Å². The number of hydrogen-bond donors (Lipinski definition) is 2. The van der Waals surface area contributed by atoms with E-state index >= 15 is 0 Å². The molecule has 0 heterocycles. The van der Waals surface area contributed by atoms with E-state index in [4.69, 9.17) is 5.11 Å². The molecule has 106 valence electrons. The molecule has 1 atom stereocenters. The molecule has 0 fully saturated rings. The molecule has 0 aliphatic carbocycles. The number of rotatable bonds is 5. The van der Waals surface area contributed by atoms with Crippen molar-refractivity contribution in [1.29, 1.82) is 0 Å². The third kappa shape index (κ3) is 3.96. The Morgan fingerprint density at radius 1 is 1.37 bits per heavy atom. The molecule has 0 saturated carbocycles. The molecule has 1 aromatic carbocycles. The largest absolute Gasteiger partial charge is 0.394 e. The number of carbonyl (C=O) groups is 1. The normalized spacial score (nSPS) is 12.1. The van der Waals surface area contributed by atoms with E-state index in [1.165, 1.54) is 10.5 Å². The highest BCUT2D eigenvalue weighted by atomic mass is 16.3. The number of carbonyl (C=O) groups excluding carboxylic acids is 1. The van der Waals surface area contributed by atoms with E-state index in [9.17, 15) is 4.79 Å². The van der Waals surface area contributed by atoms with E-state index in [0.717, 1.165) is 24.1 Å². The second-order valence-electron chi connectivity index (χ2n) is 4.77. The zero-order chi connectivity index (χ0) is 14.4. The van der Waals surface area contributed by atoms with Gasteiger partial charge in [-0.1, -0.05) is 26.0 Å². The summed E-state index contributed by atoms with van der Waals surface area (Å²) in [6, 6.07) is 5.79. The number of benzene rings is 1. The predicted octanol–water partition coefficient (Wildman–Crippen LogP) is 2.66. The lowest BCUT2D eigenvalue weighted by molar-refractivity contribution is 0.166. The Morgan fingerprint density at radius 3 is 2.58 bits per heavy atom. The molecule has 4 nitrogen and oxygen atoms in total. The second-order valence-corrected chi connectivity index (χ2v) is 4.77. The summed E-state index contributed by atoms with van der Waals surface area (Å²) in [5, 5.41) is 12.0. The maximum Gasteiger partial charge on any atom is 0.321 e. The quantitative estimate of drug-likeness (QED) is 0.859. The lowest BCUT2D eigenvalue weighted by Gasteiger charge is -2.24. The highest BCUT2D eigenvalue weighted by Gasteiger charge is 2.15. The summed E-state index contributed by atoms with van der Waals surface area (Å²) in [6.07, 6.45) is 1.81. The SMILES string of the molecule is CCc1ccc(CC)c(NC(=O)N(C)C(C)CO)c1. The van der Waals surface area contributed by atoms with Crippen molar-refractivity contribution in [1.82, 2.24) is 4.90 Å². The Bertz CT molecular complexity index is 432. The average Bonchev–Trinajstić information content (AvgIpc) is 2.45. The molecule has 1 unspecified atom stereocenters. The molecule has 1 rings (SSSR count). The number of nitrogens with zero attached hydrogens (tertiary/aromatic N) is 1. The molecule has 0 aliphatic heterocycles. The second kappa shape index (κ2) is 7.14. The molecular weight excluding hydrogens is 240 g/mol. The first-order valence-electron chi connectivity index (χ1n) is 6.79. The third-order valence-corrected chi connectivity index (χ3v) is 3.45. The molecule has 2 N–H and O–H groups in total. The minimum absolute atomic E-state index is 0.0421. The maximum atomic E-state index is 12.1. The Labute approximate surface area is 115 Å². The Balaban J connectivity index is 2.88. The molecule has 0 radical (unpaired) electrons. The molecule has 0 saturated heterocycles. The van der Waals surface area contributed by atoms with Gasteiger partial charge in [0.2, 0.25) is 0 Å². The minimum Gasteiger partial charge on any atom is -0.394 e. The smallest absolute Gasteiger partial charge is 0.321 e. The van der Waals surface area contributed by atoms with Gasteiger partial charge in [0, 0.05) is 12.7 Å². The summed E-state index contributed by atoms with van der Waals surface area (Å²) in [5.41, 5.74) is 3.19. The van der Waals surface area contributed by atoms with Gasteiger partial charge in [-0.15, -0.1) is 0 Å². The van der Waals surface area contributed by atoms with Crippen LogP contribution in [0.15, 0.2) is 18.2 Å². The van der Waals surface area contributed by atoms with Crippen LogP contribution in [-0.4, -0.2) is 35.7 Å². The molecule has 0 spiro atoms. The fourth-order valence-corrected chi connectivity index (χ4v) is 1.79. The summed E-state index contributed by atoms with van der Waals surface area (Å²) >= 11 is 0. The minimum atomic E-state index is -0.195. The zero-order valence-corrected chi connectivity index (χ0v) is 12.2. The molecule has 4 heteroatoms. The summed E-state index contributed by atoms with van der Waals surface area (Å²) in [5.74, 6) is 0. The van der Waals surface area contributed by atoms with Crippen LogP contribution in [0.25, 0.3) is 0 Å². The van der Waals surface area contributed by atoms with Crippen molar-refractivity contribution in [3.05, 3.63) is 29.3 Å². The van der Waals surface area contributed by atoms with Crippen molar-refractivity contribution in [2.24, 2.45) is 0 Å². The Morgan fingerprint density at radius 2 is 2.05 bits per heavy atom. The van der Waals surface area contributed by atoms with Crippen LogP contribution in [0.2, 0.25) is 0 Å². The monoisotopic (exact) mass is 264 g/mol. The van der Waals surface area contributed by atoms with E-state index in [1.807, 2.05) is 13.0 Å². The van der Waals surface area contributed by atoms with Crippen LogP contribution >= 0.6 is 0 Å². The van der Waals surface area contributed by atoms with Crippen LogP contribution in [-0.2, 0) is 12.8 Å². The standard InChI is InChI=1S/C15H24N2O2/c1-5-12-7-8-13(6-2)14(9-12)16-15(19)17(4)11(3)10-18/h7-9,11,18H,5-6,10H2,1-4H3,(H,16,19). The predicted molar refractivity (Wildman–Crippen MR) is 78.5 cm³/mol. The van der Waals surface area contributed by atoms with E-state index < -0.39 is 0 Å². The fraction of sp³-hybridized carbons (Fsp3) is 0.533. The number of anilines is 1. The van der Waals surface area contributed by atoms with Crippen molar-refractivity contribution in [2.75, 3.05) is 19.0 Å². The van der Waals surface area contributed by atoms with Gasteiger partial charge in [0.25, 0.3) is 0 Å². The molecule has 0 aliphatic rings. The van der Waals surface area contributed by atoms with Crippen LogP contribution in [0, 0.1) is 0 Å². The zero-order valence-electron chi connectivity index (χ0n) is 12.2. The number of aryl methyl sites for hydroxylation is 2. The van der Waals surface area contributed by atoms with Crippen LogP contribution in [0.1, 0.15) is 31.9 Å². The highest BCUT2D eigenvalue weighted by molar-refractivity contribution is 5.90.